The summed E-state index contributed by atoms with van der Waals surface area (Å²) in [7, 11) is 1.35. The van der Waals surface area contributed by atoms with Gasteiger partial charge in [-0.1, -0.05) is 18.2 Å². The van der Waals surface area contributed by atoms with Gasteiger partial charge in [0.1, 0.15) is 0 Å². The number of hydrogen-bond acceptors (Lipinski definition) is 1. The molecule has 0 amide bonds. The molecule has 1 nitrogen and oxygen atoms in total. The van der Waals surface area contributed by atoms with Crippen LogP contribution in [-0.4, -0.2) is 7.11 Å². The second-order valence-corrected chi connectivity index (χ2v) is 5.51. The van der Waals surface area contributed by atoms with Crippen LogP contribution in [0.3, 0.4) is 0 Å². The molecule has 110 valence electrons. The van der Waals surface area contributed by atoms with Gasteiger partial charge < -0.3 is 4.74 Å². The summed E-state index contributed by atoms with van der Waals surface area (Å²) in [5, 5.41) is 0. The quantitative estimate of drug-likeness (QED) is 0.688. The van der Waals surface area contributed by atoms with Crippen molar-refractivity contribution >= 4 is 0 Å². The maximum Gasteiger partial charge on any atom is 0.200 e. The SMILES string of the molecule is CC=CCC1CCC(c2ccc(OC)c(F)c2F)CC1. The first kappa shape index (κ1) is 15.0. The van der Waals surface area contributed by atoms with Gasteiger partial charge in [-0.05, 0) is 62.5 Å². The third-order valence-electron chi connectivity index (χ3n) is 4.29. The van der Waals surface area contributed by atoms with Crippen molar-refractivity contribution < 1.29 is 13.5 Å². The normalized spacial score (nSPS) is 23.2. The van der Waals surface area contributed by atoms with E-state index in [0.29, 0.717) is 11.5 Å². The molecule has 1 aromatic carbocycles. The summed E-state index contributed by atoms with van der Waals surface area (Å²) in [6.45, 7) is 2.03. The predicted octanol–water partition coefficient (Wildman–Crippen LogP) is 5.21. The molecule has 0 aliphatic heterocycles. The van der Waals surface area contributed by atoms with Crippen molar-refractivity contribution in [3.05, 3.63) is 41.5 Å². The molecule has 20 heavy (non-hydrogen) atoms. The Morgan fingerprint density at radius 1 is 1.15 bits per heavy atom. The molecule has 0 aromatic heterocycles. The minimum absolute atomic E-state index is 0.0204. The van der Waals surface area contributed by atoms with E-state index in [2.05, 4.69) is 12.2 Å². The minimum atomic E-state index is -0.860. The molecule has 1 aromatic rings. The van der Waals surface area contributed by atoms with Gasteiger partial charge in [-0.2, -0.15) is 4.39 Å². The zero-order valence-electron chi connectivity index (χ0n) is 12.2. The van der Waals surface area contributed by atoms with Crippen LogP contribution in [-0.2, 0) is 0 Å². The highest BCUT2D eigenvalue weighted by Gasteiger charge is 2.26. The highest BCUT2D eigenvalue weighted by Crippen LogP contribution is 2.39. The number of hydrogen-bond donors (Lipinski definition) is 0. The molecule has 2 rings (SSSR count). The topological polar surface area (TPSA) is 9.23 Å². The summed E-state index contributed by atoms with van der Waals surface area (Å²) in [5.41, 5.74) is 0.507. The van der Waals surface area contributed by atoms with Gasteiger partial charge in [0.2, 0.25) is 5.82 Å². The van der Waals surface area contributed by atoms with Gasteiger partial charge in [0.15, 0.2) is 11.6 Å². The summed E-state index contributed by atoms with van der Waals surface area (Å²) >= 11 is 0. The monoisotopic (exact) mass is 280 g/mol. The molecular formula is C17H22F2O. The highest BCUT2D eigenvalue weighted by molar-refractivity contribution is 5.33. The van der Waals surface area contributed by atoms with Crippen LogP contribution in [0.2, 0.25) is 0 Å². The Bertz CT molecular complexity index is 474. The van der Waals surface area contributed by atoms with Crippen LogP contribution in [0.5, 0.6) is 5.75 Å². The Morgan fingerprint density at radius 2 is 1.85 bits per heavy atom. The standard InChI is InChI=1S/C17H22F2O/c1-3-4-5-12-6-8-13(9-7-12)14-10-11-15(20-2)17(19)16(14)18/h3-4,10-13H,5-9H2,1-2H3. The number of methoxy groups -OCH3 is 1. The maximum atomic E-state index is 14.1. The molecule has 1 saturated carbocycles. The van der Waals surface area contributed by atoms with Gasteiger partial charge in [-0.3, -0.25) is 0 Å². The Kier molecular flexibility index (Phi) is 5.16. The van der Waals surface area contributed by atoms with Crippen molar-refractivity contribution in [1.29, 1.82) is 0 Å². The van der Waals surface area contributed by atoms with Crippen molar-refractivity contribution in [1.82, 2.24) is 0 Å². The predicted molar refractivity (Wildman–Crippen MR) is 77.0 cm³/mol. The van der Waals surface area contributed by atoms with E-state index < -0.39 is 11.6 Å². The Labute approximate surface area is 119 Å². The van der Waals surface area contributed by atoms with E-state index >= 15 is 0 Å². The largest absolute Gasteiger partial charge is 0.494 e. The van der Waals surface area contributed by atoms with Crippen LogP contribution >= 0.6 is 0 Å². The summed E-state index contributed by atoms with van der Waals surface area (Å²) in [6.07, 6.45) is 9.41. The van der Waals surface area contributed by atoms with Crippen LogP contribution < -0.4 is 4.74 Å². The van der Waals surface area contributed by atoms with Crippen molar-refractivity contribution in [2.24, 2.45) is 5.92 Å². The third-order valence-corrected chi connectivity index (χ3v) is 4.29. The van der Waals surface area contributed by atoms with Crippen LogP contribution in [0, 0.1) is 17.6 Å². The van der Waals surface area contributed by atoms with Gasteiger partial charge in [0, 0.05) is 0 Å². The molecule has 0 N–H and O–H groups in total. The lowest BCUT2D eigenvalue weighted by atomic mass is 9.77. The molecule has 0 unspecified atom stereocenters. The summed E-state index contributed by atoms with van der Waals surface area (Å²) < 4.78 is 32.6. The van der Waals surface area contributed by atoms with Crippen molar-refractivity contribution in [3.8, 4) is 5.75 Å². The molecule has 0 spiro atoms. The smallest absolute Gasteiger partial charge is 0.200 e. The fraction of sp³-hybridized carbons (Fsp3) is 0.529. The molecule has 0 saturated heterocycles. The van der Waals surface area contributed by atoms with Crippen molar-refractivity contribution in [2.75, 3.05) is 7.11 Å². The van der Waals surface area contributed by atoms with Crippen LogP contribution in [0.1, 0.15) is 50.5 Å². The van der Waals surface area contributed by atoms with Gasteiger partial charge in [-0.15, -0.1) is 0 Å². The number of rotatable bonds is 4. The zero-order valence-corrected chi connectivity index (χ0v) is 12.2. The van der Waals surface area contributed by atoms with Crippen LogP contribution in [0.25, 0.3) is 0 Å². The van der Waals surface area contributed by atoms with Gasteiger partial charge >= 0.3 is 0 Å². The summed E-state index contributed by atoms with van der Waals surface area (Å²) in [5.74, 6) is -0.791. The lowest BCUT2D eigenvalue weighted by Gasteiger charge is -2.28. The van der Waals surface area contributed by atoms with E-state index in [1.807, 2.05) is 6.92 Å². The van der Waals surface area contributed by atoms with E-state index in [1.54, 1.807) is 6.07 Å². The molecule has 3 heteroatoms. The third kappa shape index (κ3) is 3.20. The van der Waals surface area contributed by atoms with E-state index in [4.69, 9.17) is 4.74 Å². The Hall–Kier alpha value is -1.38. The molecule has 0 atom stereocenters. The first-order valence-electron chi connectivity index (χ1n) is 7.30. The second-order valence-electron chi connectivity index (χ2n) is 5.51. The Morgan fingerprint density at radius 3 is 2.45 bits per heavy atom. The molecule has 0 radical (unpaired) electrons. The average molecular weight is 280 g/mol. The van der Waals surface area contributed by atoms with E-state index in [1.165, 1.54) is 13.2 Å². The maximum absolute atomic E-state index is 14.1. The molecule has 1 fully saturated rings. The molecule has 0 bridgehead atoms. The molecule has 1 aliphatic rings. The number of ether oxygens (including phenoxy) is 1. The zero-order chi connectivity index (χ0) is 14.5. The number of benzene rings is 1. The average Bonchev–Trinajstić information content (AvgIpc) is 2.48. The second kappa shape index (κ2) is 6.87. The lowest BCUT2D eigenvalue weighted by Crippen LogP contribution is -2.14. The molecule has 1 aliphatic carbocycles. The van der Waals surface area contributed by atoms with Crippen LogP contribution in [0.15, 0.2) is 24.3 Å². The first-order chi connectivity index (χ1) is 9.67. The van der Waals surface area contributed by atoms with Crippen molar-refractivity contribution in [2.45, 2.75) is 44.9 Å². The van der Waals surface area contributed by atoms with E-state index in [0.717, 1.165) is 32.1 Å². The van der Waals surface area contributed by atoms with Gasteiger partial charge in [-0.25, -0.2) is 4.39 Å². The number of allylic oxidation sites excluding steroid dienone is 2. The van der Waals surface area contributed by atoms with Crippen molar-refractivity contribution in [3.63, 3.8) is 0 Å². The van der Waals surface area contributed by atoms with E-state index in [-0.39, 0.29) is 11.7 Å². The fourth-order valence-electron chi connectivity index (χ4n) is 3.06. The van der Waals surface area contributed by atoms with E-state index in [9.17, 15) is 8.78 Å². The number of halogens is 2. The van der Waals surface area contributed by atoms with Gasteiger partial charge in [0.25, 0.3) is 0 Å². The minimum Gasteiger partial charge on any atom is -0.494 e. The Balaban J connectivity index is 2.05. The van der Waals surface area contributed by atoms with Crippen LogP contribution in [0.4, 0.5) is 8.78 Å². The fourth-order valence-corrected chi connectivity index (χ4v) is 3.06. The summed E-state index contributed by atoms with van der Waals surface area (Å²) in [4.78, 5) is 0. The molecule has 0 heterocycles. The first-order valence-corrected chi connectivity index (χ1v) is 7.30. The molecular weight excluding hydrogens is 258 g/mol. The highest BCUT2D eigenvalue weighted by atomic mass is 19.2. The van der Waals surface area contributed by atoms with Gasteiger partial charge in [0.05, 0.1) is 7.11 Å². The lowest BCUT2D eigenvalue weighted by molar-refractivity contribution is 0.318. The summed E-state index contributed by atoms with van der Waals surface area (Å²) in [6, 6.07) is 3.20.